The van der Waals surface area contributed by atoms with Gasteiger partial charge in [-0.3, -0.25) is 8.42 Å². The zero-order valence-electron chi connectivity index (χ0n) is 4.90. The van der Waals surface area contributed by atoms with Gasteiger partial charge in [0.25, 0.3) is 0 Å². The molecule has 0 aromatic heterocycles. The molecule has 0 aliphatic carbocycles. The molecular formula is C2H6CdO5S. The first-order chi connectivity index (χ1) is 3.41. The van der Waals surface area contributed by atoms with Crippen molar-refractivity contribution in [1.82, 2.24) is 0 Å². The van der Waals surface area contributed by atoms with Crippen LogP contribution in [0, 0.1) is 0 Å². The largest absolute Gasteiger partial charge is 2.00 e. The third-order valence-corrected chi connectivity index (χ3v) is 0. The molecule has 7 heteroatoms. The summed E-state index contributed by atoms with van der Waals surface area (Å²) in [5, 5.41) is 7.57. The van der Waals surface area contributed by atoms with E-state index in [-0.39, 0.29) is 33.9 Å². The Labute approximate surface area is 73.8 Å². The molecular weight excluding hydrogens is 248 g/mol. The Morgan fingerprint density at radius 1 is 1.44 bits per heavy atom. The van der Waals surface area contributed by atoms with E-state index in [2.05, 4.69) is 0 Å². The normalized spacial score (nSPS) is 8.44. The molecule has 0 saturated heterocycles. The van der Waals surface area contributed by atoms with Crippen LogP contribution in [0.2, 0.25) is 0 Å². The fourth-order valence-electron chi connectivity index (χ4n) is 0. The van der Waals surface area contributed by atoms with Gasteiger partial charge in [0.2, 0.25) is 0 Å². The van der Waals surface area contributed by atoms with Gasteiger partial charge in [-0.2, -0.15) is 0 Å². The summed E-state index contributed by atoms with van der Waals surface area (Å²) in [7, 11) is -5.17. The summed E-state index contributed by atoms with van der Waals surface area (Å²) in [4.78, 5) is 0. The number of aliphatic hydroxyl groups excluding tert-OH is 1. The van der Waals surface area contributed by atoms with Gasteiger partial charge in [0.05, 0.1) is 0 Å². The molecule has 0 radical (unpaired) electrons. The van der Waals surface area contributed by atoms with Crippen LogP contribution in [0.15, 0.2) is 0 Å². The maximum Gasteiger partial charge on any atom is 2.00 e. The standard InChI is InChI=1S/C2H6O.Cd.H2O4S/c1-2-3;;1-5(2,3)4/h3H,2H2,1H3;;(H2,1,2,3,4)/q;+2;/p-2. The minimum Gasteiger partial charge on any atom is -0.759 e. The Hall–Kier alpha value is 0.752. The molecule has 0 amide bonds. The fraction of sp³-hybridized carbons (Fsp3) is 1.00. The zero-order chi connectivity index (χ0) is 7.21. The molecule has 0 aromatic carbocycles. The molecule has 0 aliphatic heterocycles. The molecule has 0 aromatic rings. The molecule has 5 nitrogen and oxygen atoms in total. The van der Waals surface area contributed by atoms with Crippen molar-refractivity contribution in [3.05, 3.63) is 0 Å². The second-order valence-electron chi connectivity index (χ2n) is 0.724. The molecule has 0 bridgehead atoms. The van der Waals surface area contributed by atoms with Crippen LogP contribution in [0.5, 0.6) is 0 Å². The number of rotatable bonds is 0. The molecule has 1 N–H and O–H groups in total. The van der Waals surface area contributed by atoms with E-state index in [1.165, 1.54) is 0 Å². The van der Waals surface area contributed by atoms with Crippen LogP contribution in [0.1, 0.15) is 6.92 Å². The summed E-state index contributed by atoms with van der Waals surface area (Å²) in [5.41, 5.74) is 0. The van der Waals surface area contributed by atoms with Gasteiger partial charge in [0.1, 0.15) is 0 Å². The minimum atomic E-state index is -5.17. The summed E-state index contributed by atoms with van der Waals surface area (Å²) < 4.78 is 34.1. The van der Waals surface area contributed by atoms with Crippen LogP contribution in [-0.4, -0.2) is 29.2 Å². The molecule has 0 heterocycles. The van der Waals surface area contributed by atoms with E-state index in [4.69, 9.17) is 22.6 Å². The van der Waals surface area contributed by atoms with Gasteiger partial charge in [-0.15, -0.1) is 0 Å². The van der Waals surface area contributed by atoms with E-state index in [1.807, 2.05) is 0 Å². The second kappa shape index (κ2) is 8.75. The Balaban J connectivity index is -0.0000000800. The summed E-state index contributed by atoms with van der Waals surface area (Å²) in [6, 6.07) is 0. The summed E-state index contributed by atoms with van der Waals surface area (Å²) in [5.74, 6) is 0. The molecule has 0 aliphatic rings. The molecule has 9 heavy (non-hydrogen) atoms. The fourth-order valence-corrected chi connectivity index (χ4v) is 0. The third kappa shape index (κ3) is 705. The van der Waals surface area contributed by atoms with Crippen LogP contribution < -0.4 is 0 Å². The predicted octanol–water partition coefficient (Wildman–Crippen LogP) is -1.34. The van der Waals surface area contributed by atoms with Gasteiger partial charge in [-0.05, 0) is 6.92 Å². The number of hydrogen-bond acceptors (Lipinski definition) is 5. The average molecular weight is 255 g/mol. The van der Waals surface area contributed by atoms with Crippen molar-refractivity contribution < 1.29 is 49.9 Å². The van der Waals surface area contributed by atoms with Crippen LogP contribution in [0.4, 0.5) is 0 Å². The van der Waals surface area contributed by atoms with Gasteiger partial charge in [-0.25, -0.2) is 0 Å². The van der Waals surface area contributed by atoms with Gasteiger partial charge >= 0.3 is 27.3 Å². The minimum absolute atomic E-state index is 0. The van der Waals surface area contributed by atoms with Gasteiger partial charge in [-0.1, -0.05) is 0 Å². The number of aliphatic hydroxyl groups is 1. The van der Waals surface area contributed by atoms with Crippen LogP contribution in [-0.2, 0) is 37.7 Å². The number of hydrogen-bond donors (Lipinski definition) is 1. The Bertz CT molecular complexity index is 109. The SMILES string of the molecule is CCO.O=S(=O)([O-])[O-].[Cd+2]. The maximum absolute atomic E-state index is 8.52. The Kier molecular flexibility index (Phi) is 15.9. The Morgan fingerprint density at radius 2 is 1.44 bits per heavy atom. The molecule has 0 spiro atoms. The van der Waals surface area contributed by atoms with Crippen molar-refractivity contribution in [2.45, 2.75) is 6.92 Å². The zero-order valence-corrected chi connectivity index (χ0v) is 9.76. The first-order valence-electron chi connectivity index (χ1n) is 1.69. The van der Waals surface area contributed by atoms with Crippen molar-refractivity contribution in [2.24, 2.45) is 0 Å². The van der Waals surface area contributed by atoms with Crippen LogP contribution >= 0.6 is 0 Å². The van der Waals surface area contributed by atoms with Crippen molar-refractivity contribution >= 4 is 10.4 Å². The topological polar surface area (TPSA) is 100 Å². The van der Waals surface area contributed by atoms with E-state index >= 15 is 0 Å². The van der Waals surface area contributed by atoms with Gasteiger partial charge < -0.3 is 14.2 Å². The van der Waals surface area contributed by atoms with Crippen molar-refractivity contribution in [2.75, 3.05) is 6.61 Å². The van der Waals surface area contributed by atoms with Gasteiger partial charge in [0.15, 0.2) is 0 Å². The van der Waals surface area contributed by atoms with Crippen molar-refractivity contribution in [1.29, 1.82) is 0 Å². The quantitative estimate of drug-likeness (QED) is 0.327. The second-order valence-corrected chi connectivity index (χ2v) is 1.54. The first-order valence-corrected chi connectivity index (χ1v) is 3.02. The monoisotopic (exact) mass is 256 g/mol. The summed E-state index contributed by atoms with van der Waals surface area (Å²) in [6.07, 6.45) is 0. The van der Waals surface area contributed by atoms with Crippen molar-refractivity contribution in [3.63, 3.8) is 0 Å². The summed E-state index contributed by atoms with van der Waals surface area (Å²) >= 11 is 0. The predicted molar refractivity (Wildman–Crippen MR) is 23.2 cm³/mol. The first kappa shape index (κ1) is 16.4. The van der Waals surface area contributed by atoms with E-state index < -0.39 is 10.4 Å². The third-order valence-electron chi connectivity index (χ3n) is 0. The molecule has 0 fully saturated rings. The van der Waals surface area contributed by atoms with E-state index in [1.54, 1.807) is 6.92 Å². The van der Waals surface area contributed by atoms with E-state index in [0.717, 1.165) is 0 Å². The molecule has 0 saturated carbocycles. The van der Waals surface area contributed by atoms with E-state index in [0.29, 0.717) is 0 Å². The van der Waals surface area contributed by atoms with Crippen molar-refractivity contribution in [3.8, 4) is 0 Å². The smallest absolute Gasteiger partial charge is 0.759 e. The molecule has 0 unspecified atom stereocenters. The molecule has 0 atom stereocenters. The maximum atomic E-state index is 8.52. The molecule has 52 valence electrons. The van der Waals surface area contributed by atoms with Crippen LogP contribution in [0.25, 0.3) is 0 Å². The van der Waals surface area contributed by atoms with Crippen LogP contribution in [0.3, 0.4) is 0 Å². The Morgan fingerprint density at radius 3 is 1.44 bits per heavy atom. The van der Waals surface area contributed by atoms with Gasteiger partial charge in [0, 0.05) is 17.0 Å². The average Bonchev–Trinajstić information content (AvgIpc) is 1.27. The summed E-state index contributed by atoms with van der Waals surface area (Å²) in [6.45, 7) is 1.93. The molecule has 0 rings (SSSR count). The van der Waals surface area contributed by atoms with E-state index in [9.17, 15) is 0 Å².